The zero-order chi connectivity index (χ0) is 9.84. The summed E-state index contributed by atoms with van der Waals surface area (Å²) in [6.45, 7) is 4.24. The van der Waals surface area contributed by atoms with Crippen molar-refractivity contribution in [3.63, 3.8) is 0 Å². The van der Waals surface area contributed by atoms with Crippen LogP contribution in [0.15, 0.2) is 11.8 Å². The maximum Gasteiger partial charge on any atom is 0.413 e. The second-order valence-electron chi connectivity index (χ2n) is 2.88. The topological polar surface area (TPSA) is 46.6 Å². The quantitative estimate of drug-likeness (QED) is 0.616. The molecular weight excluding hydrogens is 170 g/mol. The molecule has 0 aromatic carbocycles. The fraction of sp³-hybridized carbons (Fsp3) is 0.556. The van der Waals surface area contributed by atoms with Crippen LogP contribution in [0, 0.1) is 0 Å². The van der Waals surface area contributed by atoms with Crippen LogP contribution in [-0.2, 0) is 9.53 Å². The van der Waals surface area contributed by atoms with E-state index in [4.69, 9.17) is 4.74 Å². The molecule has 0 bridgehead atoms. The number of ether oxygens (including phenoxy) is 1. The molecular formula is C9H13NO3. The molecule has 1 heterocycles. The van der Waals surface area contributed by atoms with Gasteiger partial charge < -0.3 is 4.74 Å². The third-order valence-corrected chi connectivity index (χ3v) is 1.87. The SMILES string of the molecule is CCOC(=O)N1C=C(C)C(=O)CC1. The summed E-state index contributed by atoms with van der Waals surface area (Å²) in [6.07, 6.45) is 1.56. The predicted molar refractivity (Wildman–Crippen MR) is 47.1 cm³/mol. The molecule has 0 unspecified atom stereocenters. The Bertz CT molecular complexity index is 258. The molecule has 0 aromatic heterocycles. The molecule has 0 saturated carbocycles. The summed E-state index contributed by atoms with van der Waals surface area (Å²) in [5.41, 5.74) is 0.610. The van der Waals surface area contributed by atoms with Gasteiger partial charge in [0.05, 0.1) is 6.61 Å². The summed E-state index contributed by atoms with van der Waals surface area (Å²) >= 11 is 0. The van der Waals surface area contributed by atoms with Crippen LogP contribution in [-0.4, -0.2) is 29.9 Å². The van der Waals surface area contributed by atoms with Gasteiger partial charge in [-0.3, -0.25) is 9.69 Å². The van der Waals surface area contributed by atoms with E-state index in [1.807, 2.05) is 0 Å². The van der Waals surface area contributed by atoms with Crippen molar-refractivity contribution in [1.29, 1.82) is 0 Å². The van der Waals surface area contributed by atoms with Gasteiger partial charge in [-0.2, -0.15) is 0 Å². The van der Waals surface area contributed by atoms with Crippen LogP contribution in [0.3, 0.4) is 0 Å². The average Bonchev–Trinajstić information content (AvgIpc) is 2.10. The Hall–Kier alpha value is -1.32. The second-order valence-corrected chi connectivity index (χ2v) is 2.88. The molecule has 0 atom stereocenters. The van der Waals surface area contributed by atoms with Crippen molar-refractivity contribution in [3.05, 3.63) is 11.8 Å². The molecule has 72 valence electrons. The summed E-state index contributed by atoms with van der Waals surface area (Å²) in [5, 5.41) is 0. The van der Waals surface area contributed by atoms with E-state index in [0.29, 0.717) is 25.1 Å². The van der Waals surface area contributed by atoms with Crippen molar-refractivity contribution in [3.8, 4) is 0 Å². The van der Waals surface area contributed by atoms with Crippen LogP contribution in [0.4, 0.5) is 4.79 Å². The van der Waals surface area contributed by atoms with Gasteiger partial charge in [-0.05, 0) is 13.8 Å². The van der Waals surface area contributed by atoms with Crippen molar-refractivity contribution in [1.82, 2.24) is 4.90 Å². The molecule has 0 fully saturated rings. The number of rotatable bonds is 1. The van der Waals surface area contributed by atoms with Crippen LogP contribution in [0.5, 0.6) is 0 Å². The van der Waals surface area contributed by atoms with Crippen LogP contribution in [0.1, 0.15) is 20.3 Å². The maximum atomic E-state index is 11.2. The van der Waals surface area contributed by atoms with E-state index in [9.17, 15) is 9.59 Å². The molecule has 0 spiro atoms. The number of hydrogen-bond acceptors (Lipinski definition) is 3. The highest BCUT2D eigenvalue weighted by molar-refractivity contribution is 5.96. The van der Waals surface area contributed by atoms with Gasteiger partial charge in [-0.15, -0.1) is 0 Å². The number of carbonyl (C=O) groups is 2. The van der Waals surface area contributed by atoms with E-state index in [-0.39, 0.29) is 11.9 Å². The minimum atomic E-state index is -0.380. The Balaban J connectivity index is 2.63. The average molecular weight is 183 g/mol. The van der Waals surface area contributed by atoms with Gasteiger partial charge in [0, 0.05) is 24.7 Å². The van der Waals surface area contributed by atoms with Gasteiger partial charge in [-0.1, -0.05) is 0 Å². The monoisotopic (exact) mass is 183 g/mol. The van der Waals surface area contributed by atoms with Gasteiger partial charge >= 0.3 is 6.09 Å². The Morgan fingerprint density at radius 3 is 2.92 bits per heavy atom. The molecule has 0 radical (unpaired) electrons. The highest BCUT2D eigenvalue weighted by atomic mass is 16.6. The Morgan fingerprint density at radius 1 is 1.69 bits per heavy atom. The number of ketones is 1. The number of hydrogen-bond donors (Lipinski definition) is 0. The molecule has 1 amide bonds. The lowest BCUT2D eigenvalue weighted by atomic mass is 10.1. The normalized spacial score (nSPS) is 16.9. The third kappa shape index (κ3) is 2.31. The number of allylic oxidation sites excluding steroid dienone is 1. The molecule has 0 N–H and O–H groups in total. The first-order valence-corrected chi connectivity index (χ1v) is 4.30. The fourth-order valence-corrected chi connectivity index (χ4v) is 1.14. The van der Waals surface area contributed by atoms with Crippen molar-refractivity contribution >= 4 is 11.9 Å². The Morgan fingerprint density at radius 2 is 2.38 bits per heavy atom. The molecule has 0 saturated heterocycles. The van der Waals surface area contributed by atoms with E-state index in [2.05, 4.69) is 0 Å². The van der Waals surface area contributed by atoms with Gasteiger partial charge in [0.15, 0.2) is 5.78 Å². The highest BCUT2D eigenvalue weighted by Gasteiger charge is 2.20. The fourth-order valence-electron chi connectivity index (χ4n) is 1.14. The van der Waals surface area contributed by atoms with Crippen LogP contribution in [0.25, 0.3) is 0 Å². The van der Waals surface area contributed by atoms with Crippen LogP contribution < -0.4 is 0 Å². The minimum absolute atomic E-state index is 0.0977. The Kier molecular flexibility index (Phi) is 3.06. The molecule has 1 rings (SSSR count). The van der Waals surface area contributed by atoms with Crippen LogP contribution in [0.2, 0.25) is 0 Å². The molecule has 4 nitrogen and oxygen atoms in total. The predicted octanol–water partition coefficient (Wildman–Crippen LogP) is 1.32. The van der Waals surface area contributed by atoms with E-state index in [1.54, 1.807) is 20.0 Å². The molecule has 13 heavy (non-hydrogen) atoms. The van der Waals surface area contributed by atoms with Gasteiger partial charge in [0.2, 0.25) is 0 Å². The summed E-state index contributed by atoms with van der Waals surface area (Å²) in [7, 11) is 0. The first-order valence-electron chi connectivity index (χ1n) is 4.30. The van der Waals surface area contributed by atoms with E-state index in [1.165, 1.54) is 4.90 Å². The maximum absolute atomic E-state index is 11.2. The van der Waals surface area contributed by atoms with Crippen molar-refractivity contribution < 1.29 is 14.3 Å². The lowest BCUT2D eigenvalue weighted by molar-refractivity contribution is -0.116. The third-order valence-electron chi connectivity index (χ3n) is 1.87. The van der Waals surface area contributed by atoms with Gasteiger partial charge in [0.25, 0.3) is 0 Å². The molecule has 4 heteroatoms. The van der Waals surface area contributed by atoms with Crippen molar-refractivity contribution in [2.45, 2.75) is 20.3 Å². The number of amides is 1. The largest absolute Gasteiger partial charge is 0.449 e. The van der Waals surface area contributed by atoms with Crippen LogP contribution >= 0.6 is 0 Å². The zero-order valence-electron chi connectivity index (χ0n) is 7.87. The second kappa shape index (κ2) is 4.07. The van der Waals surface area contributed by atoms with Gasteiger partial charge in [0.1, 0.15) is 0 Å². The Labute approximate surface area is 77.2 Å². The summed E-state index contributed by atoms with van der Waals surface area (Å²) in [6, 6.07) is 0. The smallest absolute Gasteiger partial charge is 0.413 e. The van der Waals surface area contributed by atoms with E-state index in [0.717, 1.165) is 0 Å². The van der Waals surface area contributed by atoms with E-state index < -0.39 is 0 Å². The first-order chi connectivity index (χ1) is 6.15. The minimum Gasteiger partial charge on any atom is -0.449 e. The first kappa shape index (κ1) is 9.77. The summed E-state index contributed by atoms with van der Waals surface area (Å²) < 4.78 is 4.80. The summed E-state index contributed by atoms with van der Waals surface area (Å²) in [5.74, 6) is 0.0977. The summed E-state index contributed by atoms with van der Waals surface area (Å²) in [4.78, 5) is 23.7. The molecule has 0 aliphatic carbocycles. The van der Waals surface area contributed by atoms with Crippen molar-refractivity contribution in [2.24, 2.45) is 0 Å². The lowest BCUT2D eigenvalue weighted by Crippen LogP contribution is -2.32. The number of carbonyl (C=O) groups excluding carboxylic acids is 2. The number of nitrogens with zero attached hydrogens (tertiary/aromatic N) is 1. The lowest BCUT2D eigenvalue weighted by Gasteiger charge is -2.21. The molecule has 0 aromatic rings. The zero-order valence-corrected chi connectivity index (χ0v) is 7.87. The molecule has 1 aliphatic heterocycles. The van der Waals surface area contributed by atoms with Gasteiger partial charge in [-0.25, -0.2) is 4.79 Å². The highest BCUT2D eigenvalue weighted by Crippen LogP contribution is 2.11. The standard InChI is InChI=1S/C9H13NO3/c1-3-13-9(12)10-5-4-8(11)7(2)6-10/h6H,3-5H2,1-2H3. The van der Waals surface area contributed by atoms with E-state index >= 15 is 0 Å². The van der Waals surface area contributed by atoms with Crippen molar-refractivity contribution in [2.75, 3.05) is 13.2 Å². The molecule has 1 aliphatic rings. The number of Topliss-reactive ketones (excluding diaryl/α,β-unsaturated/α-hetero) is 1.